The number of hydrogen-bond acceptors (Lipinski definition) is 9. The lowest BCUT2D eigenvalue weighted by Crippen LogP contribution is -2.68. The standard InChI is InChI=1S/C28H36N2O9S/c1-17(31)30-23-21(32)15-28(27(36)37,38-13-6-14-40-2)39-25(23)24(34)22(33)16-29-26(35)20-11-9-19(10-12-20)18-7-4-3-5-8-18/h3-5,7-12,21-25,32-34H,6,13-16H2,1-2H3,(H,29,35)(H,30,31)(H,36,37)/t21-,22+,23+,24+,25+,28+/m0/s1. The van der Waals surface area contributed by atoms with E-state index in [0.29, 0.717) is 17.7 Å². The van der Waals surface area contributed by atoms with Crippen LogP contribution in [0.2, 0.25) is 0 Å². The average molecular weight is 577 g/mol. The number of carbonyl (C=O) groups is 3. The third-order valence-corrected chi connectivity index (χ3v) is 7.25. The zero-order chi connectivity index (χ0) is 29.3. The maximum Gasteiger partial charge on any atom is 0.364 e. The second-order valence-electron chi connectivity index (χ2n) is 9.54. The predicted octanol–water partition coefficient (Wildman–Crippen LogP) is 1.01. The number of aliphatic hydroxyl groups is 3. The van der Waals surface area contributed by atoms with Crippen molar-refractivity contribution in [3.8, 4) is 11.1 Å². The van der Waals surface area contributed by atoms with Gasteiger partial charge in [-0.3, -0.25) is 9.59 Å². The molecule has 2 amide bonds. The topological polar surface area (TPSA) is 175 Å². The summed E-state index contributed by atoms with van der Waals surface area (Å²) in [4.78, 5) is 36.7. The van der Waals surface area contributed by atoms with E-state index in [1.165, 1.54) is 6.92 Å². The molecule has 0 aromatic heterocycles. The molecule has 1 saturated heterocycles. The molecule has 11 nitrogen and oxygen atoms in total. The Bertz CT molecular complexity index is 1130. The van der Waals surface area contributed by atoms with Crippen molar-refractivity contribution >= 4 is 29.5 Å². The van der Waals surface area contributed by atoms with Gasteiger partial charge in [-0.1, -0.05) is 42.5 Å². The van der Waals surface area contributed by atoms with Gasteiger partial charge in [-0.05, 0) is 41.7 Å². The number of aliphatic hydroxyl groups excluding tert-OH is 3. The van der Waals surface area contributed by atoms with Crippen molar-refractivity contribution in [2.24, 2.45) is 0 Å². The first-order chi connectivity index (χ1) is 19.1. The fraction of sp³-hybridized carbons (Fsp3) is 0.464. The van der Waals surface area contributed by atoms with Crippen LogP contribution in [-0.2, 0) is 19.1 Å². The van der Waals surface area contributed by atoms with E-state index in [4.69, 9.17) is 9.47 Å². The predicted molar refractivity (Wildman–Crippen MR) is 149 cm³/mol. The number of carboxylic acids is 1. The summed E-state index contributed by atoms with van der Waals surface area (Å²) in [7, 11) is 0. The lowest BCUT2D eigenvalue weighted by Gasteiger charge is -2.46. The Kier molecular flexibility index (Phi) is 11.5. The first-order valence-electron chi connectivity index (χ1n) is 12.9. The van der Waals surface area contributed by atoms with Crippen molar-refractivity contribution < 1.29 is 44.3 Å². The molecule has 0 aliphatic carbocycles. The third kappa shape index (κ3) is 8.03. The van der Waals surface area contributed by atoms with Crippen LogP contribution in [0, 0.1) is 0 Å². The molecule has 0 spiro atoms. The average Bonchev–Trinajstić information content (AvgIpc) is 2.95. The lowest BCUT2D eigenvalue weighted by atomic mass is 9.88. The largest absolute Gasteiger partial charge is 0.477 e. The van der Waals surface area contributed by atoms with Crippen LogP contribution in [0.4, 0.5) is 0 Å². The van der Waals surface area contributed by atoms with Crippen LogP contribution >= 0.6 is 11.8 Å². The molecule has 1 heterocycles. The Morgan fingerprint density at radius 1 is 1.10 bits per heavy atom. The van der Waals surface area contributed by atoms with Crippen LogP contribution in [0.3, 0.4) is 0 Å². The Morgan fingerprint density at radius 2 is 1.75 bits per heavy atom. The van der Waals surface area contributed by atoms with Crippen LogP contribution in [-0.4, -0.2) is 99.6 Å². The molecule has 1 fully saturated rings. The number of ether oxygens (including phenoxy) is 2. The molecule has 6 atom stereocenters. The number of carboxylic acid groups (broad SMARTS) is 1. The fourth-order valence-electron chi connectivity index (χ4n) is 4.47. The molecular weight excluding hydrogens is 540 g/mol. The summed E-state index contributed by atoms with van der Waals surface area (Å²) in [5.74, 6) is -4.19. The summed E-state index contributed by atoms with van der Waals surface area (Å²) < 4.78 is 11.2. The van der Waals surface area contributed by atoms with E-state index in [-0.39, 0.29) is 6.61 Å². The third-order valence-electron chi connectivity index (χ3n) is 6.55. The number of benzene rings is 2. The number of rotatable bonds is 13. The maximum absolute atomic E-state index is 12.7. The Morgan fingerprint density at radius 3 is 2.35 bits per heavy atom. The number of aliphatic carboxylic acids is 1. The van der Waals surface area contributed by atoms with Crippen molar-refractivity contribution in [2.45, 2.75) is 56.0 Å². The van der Waals surface area contributed by atoms with Crippen LogP contribution in [0.25, 0.3) is 11.1 Å². The van der Waals surface area contributed by atoms with Gasteiger partial charge >= 0.3 is 5.97 Å². The minimum absolute atomic E-state index is 0.00908. The highest BCUT2D eigenvalue weighted by Crippen LogP contribution is 2.33. The molecular formula is C28H36N2O9S. The zero-order valence-electron chi connectivity index (χ0n) is 22.4. The summed E-state index contributed by atoms with van der Waals surface area (Å²) in [6.07, 6.45) is -4.60. The van der Waals surface area contributed by atoms with Gasteiger partial charge in [0.2, 0.25) is 5.91 Å². The van der Waals surface area contributed by atoms with Gasteiger partial charge in [0, 0.05) is 25.5 Å². The minimum Gasteiger partial charge on any atom is -0.477 e. The van der Waals surface area contributed by atoms with Crippen molar-refractivity contribution in [3.05, 3.63) is 60.2 Å². The summed E-state index contributed by atoms with van der Waals surface area (Å²) in [6, 6.07) is 15.2. The van der Waals surface area contributed by atoms with Gasteiger partial charge in [0.25, 0.3) is 11.7 Å². The van der Waals surface area contributed by atoms with Crippen molar-refractivity contribution in [1.29, 1.82) is 0 Å². The van der Waals surface area contributed by atoms with Crippen molar-refractivity contribution in [2.75, 3.05) is 25.2 Å². The van der Waals surface area contributed by atoms with E-state index in [1.54, 1.807) is 36.0 Å². The smallest absolute Gasteiger partial charge is 0.364 e. The maximum atomic E-state index is 12.7. The zero-order valence-corrected chi connectivity index (χ0v) is 23.2. The summed E-state index contributed by atoms with van der Waals surface area (Å²) in [5.41, 5.74) is 2.23. The second-order valence-corrected chi connectivity index (χ2v) is 10.5. The first-order valence-corrected chi connectivity index (χ1v) is 14.3. The van der Waals surface area contributed by atoms with Gasteiger partial charge in [0.05, 0.1) is 24.9 Å². The van der Waals surface area contributed by atoms with Crippen molar-refractivity contribution in [1.82, 2.24) is 10.6 Å². The van der Waals surface area contributed by atoms with Crippen LogP contribution in [0.1, 0.15) is 30.1 Å². The highest BCUT2D eigenvalue weighted by molar-refractivity contribution is 7.98. The number of hydrogen-bond donors (Lipinski definition) is 6. The molecule has 3 rings (SSSR count). The first kappa shape index (κ1) is 31.5. The van der Waals surface area contributed by atoms with Gasteiger partial charge in [0.15, 0.2) is 0 Å². The van der Waals surface area contributed by atoms with E-state index in [1.807, 2.05) is 36.6 Å². The van der Waals surface area contributed by atoms with Crippen LogP contribution < -0.4 is 10.6 Å². The minimum atomic E-state index is -2.30. The molecule has 40 heavy (non-hydrogen) atoms. The molecule has 0 saturated carbocycles. The highest BCUT2D eigenvalue weighted by atomic mass is 32.2. The second kappa shape index (κ2) is 14.6. The Labute approximate surface area is 236 Å². The highest BCUT2D eigenvalue weighted by Gasteiger charge is 2.55. The SMILES string of the molecule is CSCCCO[C@]1(C(=O)O)C[C@H](O)[C@@H](NC(C)=O)[C@H]([C@H](O)[C@H](O)CNC(=O)c2ccc(-c3ccccc3)cc2)O1. The van der Waals surface area contributed by atoms with Crippen LogP contribution in [0.5, 0.6) is 0 Å². The van der Waals surface area contributed by atoms with E-state index in [2.05, 4.69) is 10.6 Å². The quantitative estimate of drug-likeness (QED) is 0.189. The molecule has 12 heteroatoms. The van der Waals surface area contributed by atoms with Crippen LogP contribution in [0.15, 0.2) is 54.6 Å². The molecule has 0 bridgehead atoms. The molecule has 1 aliphatic heterocycles. The number of carbonyl (C=O) groups excluding carboxylic acids is 2. The van der Waals surface area contributed by atoms with E-state index in [0.717, 1.165) is 11.1 Å². The van der Waals surface area contributed by atoms with Gasteiger partial charge in [-0.25, -0.2) is 4.79 Å². The van der Waals surface area contributed by atoms with Gasteiger partial charge in [-0.2, -0.15) is 11.8 Å². The normalized spacial score (nSPS) is 24.1. The fourth-order valence-corrected chi connectivity index (χ4v) is 4.88. The molecule has 6 N–H and O–H groups in total. The van der Waals surface area contributed by atoms with E-state index >= 15 is 0 Å². The molecule has 2 aromatic rings. The Balaban J connectivity index is 1.70. The Hall–Kier alpha value is -3.00. The molecule has 0 radical (unpaired) electrons. The van der Waals surface area contributed by atoms with E-state index < -0.39 is 67.0 Å². The number of thioether (sulfide) groups is 1. The van der Waals surface area contributed by atoms with Crippen molar-refractivity contribution in [3.63, 3.8) is 0 Å². The lowest BCUT2D eigenvalue weighted by molar-refractivity contribution is -0.310. The molecule has 218 valence electrons. The molecule has 2 aromatic carbocycles. The van der Waals surface area contributed by atoms with Gasteiger partial charge in [-0.15, -0.1) is 0 Å². The molecule has 0 unspecified atom stereocenters. The van der Waals surface area contributed by atoms with Gasteiger partial charge < -0.3 is 40.5 Å². The summed E-state index contributed by atoms with van der Waals surface area (Å²) >= 11 is 1.55. The number of amides is 2. The summed E-state index contributed by atoms with van der Waals surface area (Å²) in [6.45, 7) is 0.779. The monoisotopic (exact) mass is 576 g/mol. The molecule has 1 aliphatic rings. The summed E-state index contributed by atoms with van der Waals surface area (Å²) in [5, 5.41) is 47.4. The van der Waals surface area contributed by atoms with Gasteiger partial charge in [0.1, 0.15) is 12.2 Å². The van der Waals surface area contributed by atoms with E-state index in [9.17, 15) is 34.8 Å². The number of nitrogens with one attached hydrogen (secondary N) is 2.